The number of hydrogen-bond donors (Lipinski definition) is 2. The van der Waals surface area contributed by atoms with E-state index in [-0.39, 0.29) is 6.61 Å². The fourth-order valence-corrected chi connectivity index (χ4v) is 0.955. The number of aliphatic hydroxyl groups is 1. The van der Waals surface area contributed by atoms with Gasteiger partial charge in [-0.15, -0.1) is 0 Å². The van der Waals surface area contributed by atoms with Crippen LogP contribution in [0.3, 0.4) is 0 Å². The molecule has 0 aromatic heterocycles. The molecule has 0 saturated heterocycles. The van der Waals surface area contributed by atoms with E-state index in [0.29, 0.717) is 13.2 Å². The number of amides is 1. The molecular formula is C9H19NO4. The minimum atomic E-state index is -1.46. The van der Waals surface area contributed by atoms with Crippen molar-refractivity contribution in [3.63, 3.8) is 0 Å². The molecule has 1 amide bonds. The summed E-state index contributed by atoms with van der Waals surface area (Å²) in [5.41, 5.74) is -1.46. The van der Waals surface area contributed by atoms with Gasteiger partial charge in [-0.05, 0) is 13.3 Å². The molecule has 0 fully saturated rings. The Kier molecular flexibility index (Phi) is 6.44. The Bertz CT molecular complexity index is 170. The standard InChI is InChI=1S/C9H19NO4/c1-9(12,7-14-3)8(11)10-5-4-6-13-2/h12H,4-7H2,1-3H3,(H,10,11). The second-order valence-electron chi connectivity index (χ2n) is 3.31. The molecule has 0 bridgehead atoms. The van der Waals surface area contributed by atoms with Gasteiger partial charge in [0, 0.05) is 27.4 Å². The van der Waals surface area contributed by atoms with E-state index in [1.54, 1.807) is 7.11 Å². The highest BCUT2D eigenvalue weighted by atomic mass is 16.5. The Balaban J connectivity index is 3.71. The molecule has 0 saturated carbocycles. The smallest absolute Gasteiger partial charge is 0.254 e. The van der Waals surface area contributed by atoms with Crippen LogP contribution >= 0.6 is 0 Å². The van der Waals surface area contributed by atoms with E-state index in [4.69, 9.17) is 9.47 Å². The highest BCUT2D eigenvalue weighted by Crippen LogP contribution is 2.02. The largest absolute Gasteiger partial charge is 0.385 e. The first-order valence-electron chi connectivity index (χ1n) is 4.53. The SMILES string of the molecule is COCCCNC(=O)C(C)(O)COC. The van der Waals surface area contributed by atoms with Crippen LogP contribution < -0.4 is 5.32 Å². The average Bonchev–Trinajstić information content (AvgIpc) is 2.12. The third-order valence-electron chi connectivity index (χ3n) is 1.73. The number of rotatable bonds is 7. The maximum atomic E-state index is 11.3. The van der Waals surface area contributed by atoms with Crippen LogP contribution in [0.15, 0.2) is 0 Å². The van der Waals surface area contributed by atoms with Gasteiger partial charge in [0.2, 0.25) is 0 Å². The Labute approximate surface area is 84.4 Å². The molecule has 0 spiro atoms. The monoisotopic (exact) mass is 205 g/mol. The molecule has 1 atom stereocenters. The third-order valence-corrected chi connectivity index (χ3v) is 1.73. The van der Waals surface area contributed by atoms with Crippen molar-refractivity contribution in [2.75, 3.05) is 34.0 Å². The summed E-state index contributed by atoms with van der Waals surface area (Å²) in [5.74, 6) is -0.421. The van der Waals surface area contributed by atoms with Gasteiger partial charge in [-0.25, -0.2) is 0 Å². The highest BCUT2D eigenvalue weighted by Gasteiger charge is 2.29. The molecule has 0 aromatic carbocycles. The summed E-state index contributed by atoms with van der Waals surface area (Å²) in [6, 6.07) is 0. The van der Waals surface area contributed by atoms with Crippen molar-refractivity contribution >= 4 is 5.91 Å². The first kappa shape index (κ1) is 13.4. The Morgan fingerprint density at radius 1 is 1.43 bits per heavy atom. The van der Waals surface area contributed by atoms with Crippen LogP contribution in [0.4, 0.5) is 0 Å². The fourth-order valence-electron chi connectivity index (χ4n) is 0.955. The molecule has 2 N–H and O–H groups in total. The molecule has 0 aliphatic rings. The zero-order valence-corrected chi connectivity index (χ0v) is 9.00. The van der Waals surface area contributed by atoms with E-state index in [9.17, 15) is 9.90 Å². The molecule has 0 aromatic rings. The summed E-state index contributed by atoms with van der Waals surface area (Å²) in [7, 11) is 3.04. The molecule has 0 aliphatic heterocycles. The van der Waals surface area contributed by atoms with Crippen LogP contribution in [0.5, 0.6) is 0 Å². The predicted octanol–water partition coefficient (Wildman–Crippen LogP) is -0.463. The summed E-state index contributed by atoms with van der Waals surface area (Å²) in [4.78, 5) is 11.3. The van der Waals surface area contributed by atoms with Crippen molar-refractivity contribution in [1.29, 1.82) is 0 Å². The number of carbonyl (C=O) groups excluding carboxylic acids is 1. The van der Waals surface area contributed by atoms with Crippen LogP contribution in [0.2, 0.25) is 0 Å². The van der Waals surface area contributed by atoms with Gasteiger partial charge in [-0.1, -0.05) is 0 Å². The van der Waals surface area contributed by atoms with Crippen LogP contribution in [0.1, 0.15) is 13.3 Å². The first-order valence-corrected chi connectivity index (χ1v) is 4.53. The molecule has 0 rings (SSSR count). The Morgan fingerprint density at radius 3 is 2.57 bits per heavy atom. The van der Waals surface area contributed by atoms with Crippen LogP contribution in [0.25, 0.3) is 0 Å². The lowest BCUT2D eigenvalue weighted by Crippen LogP contribution is -2.48. The van der Waals surface area contributed by atoms with Crippen molar-refractivity contribution in [2.24, 2.45) is 0 Å². The van der Waals surface area contributed by atoms with Crippen molar-refractivity contribution < 1.29 is 19.4 Å². The van der Waals surface area contributed by atoms with Gasteiger partial charge in [-0.3, -0.25) is 4.79 Å². The molecule has 84 valence electrons. The lowest BCUT2D eigenvalue weighted by molar-refractivity contribution is -0.143. The molecule has 14 heavy (non-hydrogen) atoms. The molecule has 0 heterocycles. The molecular weight excluding hydrogens is 186 g/mol. The van der Waals surface area contributed by atoms with Gasteiger partial charge < -0.3 is 19.9 Å². The third kappa shape index (κ3) is 5.16. The number of carbonyl (C=O) groups is 1. The molecule has 5 heteroatoms. The normalized spacial score (nSPS) is 14.9. The summed E-state index contributed by atoms with van der Waals surface area (Å²) >= 11 is 0. The molecule has 0 aliphatic carbocycles. The van der Waals surface area contributed by atoms with Crippen LogP contribution in [-0.2, 0) is 14.3 Å². The van der Waals surface area contributed by atoms with Crippen molar-refractivity contribution in [2.45, 2.75) is 18.9 Å². The predicted molar refractivity (Wildman–Crippen MR) is 52.0 cm³/mol. The molecule has 1 unspecified atom stereocenters. The quantitative estimate of drug-likeness (QED) is 0.552. The van der Waals surface area contributed by atoms with Gasteiger partial charge in [0.1, 0.15) is 0 Å². The minimum Gasteiger partial charge on any atom is -0.385 e. The summed E-state index contributed by atoms with van der Waals surface area (Å²) in [6.07, 6.45) is 0.727. The summed E-state index contributed by atoms with van der Waals surface area (Å²) in [5, 5.41) is 12.2. The van der Waals surface area contributed by atoms with E-state index in [1.165, 1.54) is 14.0 Å². The first-order chi connectivity index (χ1) is 6.54. The van der Waals surface area contributed by atoms with E-state index in [2.05, 4.69) is 5.32 Å². The second-order valence-corrected chi connectivity index (χ2v) is 3.31. The van der Waals surface area contributed by atoms with E-state index >= 15 is 0 Å². The number of ether oxygens (including phenoxy) is 2. The van der Waals surface area contributed by atoms with Crippen molar-refractivity contribution in [3.05, 3.63) is 0 Å². The Hall–Kier alpha value is -0.650. The highest BCUT2D eigenvalue weighted by molar-refractivity contribution is 5.84. The lowest BCUT2D eigenvalue weighted by Gasteiger charge is -2.20. The maximum absolute atomic E-state index is 11.3. The van der Waals surface area contributed by atoms with Crippen LogP contribution in [-0.4, -0.2) is 50.6 Å². The summed E-state index contributed by atoms with van der Waals surface area (Å²) in [6.45, 7) is 2.49. The second kappa shape index (κ2) is 6.75. The van der Waals surface area contributed by atoms with E-state index < -0.39 is 11.5 Å². The lowest BCUT2D eigenvalue weighted by atomic mass is 10.1. The zero-order chi connectivity index (χ0) is 11.0. The van der Waals surface area contributed by atoms with Crippen molar-refractivity contribution in [1.82, 2.24) is 5.32 Å². The average molecular weight is 205 g/mol. The minimum absolute atomic E-state index is 0.0108. The number of nitrogens with one attached hydrogen (secondary N) is 1. The van der Waals surface area contributed by atoms with Gasteiger partial charge >= 0.3 is 0 Å². The van der Waals surface area contributed by atoms with E-state index in [1.807, 2.05) is 0 Å². The number of hydrogen-bond acceptors (Lipinski definition) is 4. The maximum Gasteiger partial charge on any atom is 0.254 e. The molecule has 5 nitrogen and oxygen atoms in total. The fraction of sp³-hybridized carbons (Fsp3) is 0.889. The van der Waals surface area contributed by atoms with Crippen LogP contribution in [0, 0.1) is 0 Å². The zero-order valence-electron chi connectivity index (χ0n) is 9.00. The van der Waals surface area contributed by atoms with Gasteiger partial charge in [0.05, 0.1) is 6.61 Å². The number of methoxy groups -OCH3 is 2. The Morgan fingerprint density at radius 2 is 2.07 bits per heavy atom. The summed E-state index contributed by atoms with van der Waals surface area (Å²) < 4.78 is 9.54. The van der Waals surface area contributed by atoms with Gasteiger partial charge in [0.25, 0.3) is 5.91 Å². The molecule has 0 radical (unpaired) electrons. The van der Waals surface area contributed by atoms with E-state index in [0.717, 1.165) is 6.42 Å². The van der Waals surface area contributed by atoms with Gasteiger partial charge in [-0.2, -0.15) is 0 Å². The van der Waals surface area contributed by atoms with Gasteiger partial charge in [0.15, 0.2) is 5.60 Å². The topological polar surface area (TPSA) is 67.8 Å². The van der Waals surface area contributed by atoms with Crippen molar-refractivity contribution in [3.8, 4) is 0 Å².